The van der Waals surface area contributed by atoms with Crippen molar-refractivity contribution in [2.24, 2.45) is 5.92 Å². The molecule has 0 saturated heterocycles. The average Bonchev–Trinajstić information content (AvgIpc) is 3.39. The summed E-state index contributed by atoms with van der Waals surface area (Å²) in [7, 11) is 0. The van der Waals surface area contributed by atoms with Gasteiger partial charge in [0.05, 0.1) is 18.6 Å². The zero-order valence-electron chi connectivity index (χ0n) is 14.2. The first-order valence-electron chi connectivity index (χ1n) is 8.53. The smallest absolute Gasteiger partial charge is 0.376 e. The van der Waals surface area contributed by atoms with E-state index in [1.165, 1.54) is 25.0 Å². The second-order valence-corrected chi connectivity index (χ2v) is 6.58. The van der Waals surface area contributed by atoms with Crippen LogP contribution in [-0.2, 0) is 28.7 Å². The van der Waals surface area contributed by atoms with Gasteiger partial charge in [0.1, 0.15) is 0 Å². The molecule has 0 heterocycles. The monoisotopic (exact) mass is 363 g/mol. The van der Waals surface area contributed by atoms with Crippen LogP contribution in [0.3, 0.4) is 0 Å². The summed E-state index contributed by atoms with van der Waals surface area (Å²) in [4.78, 5) is 12.1. The van der Waals surface area contributed by atoms with Crippen molar-refractivity contribution in [3.8, 4) is 0 Å². The van der Waals surface area contributed by atoms with Gasteiger partial charge < -0.3 is 10.1 Å². The van der Waals surface area contributed by atoms with Gasteiger partial charge in [0, 0.05) is 12.3 Å². The van der Waals surface area contributed by atoms with Crippen LogP contribution in [0.25, 0.3) is 0 Å². The molecule has 1 N–H and O–H groups in total. The first-order valence-corrected chi connectivity index (χ1v) is 8.53. The molecule has 1 saturated carbocycles. The maximum absolute atomic E-state index is 12.7. The van der Waals surface area contributed by atoms with Crippen LogP contribution >= 0.6 is 0 Å². The number of ether oxygens (including phenoxy) is 1. The number of hydrogen-bond donors (Lipinski definition) is 1. The SMILES string of the molecule is O=C(Cc1cccc(C(F)(F)F)c1)Nc1cccc(COCC2CC2)c1. The molecule has 1 amide bonds. The summed E-state index contributed by atoms with van der Waals surface area (Å²) in [6.07, 6.45) is -2.08. The fourth-order valence-electron chi connectivity index (χ4n) is 2.62. The highest BCUT2D eigenvalue weighted by Crippen LogP contribution is 2.30. The van der Waals surface area contributed by atoms with Crippen molar-refractivity contribution in [3.05, 3.63) is 65.2 Å². The number of halogens is 3. The minimum absolute atomic E-state index is 0.119. The predicted molar refractivity (Wildman–Crippen MR) is 92.6 cm³/mol. The summed E-state index contributed by atoms with van der Waals surface area (Å²) in [6.45, 7) is 1.24. The molecule has 0 spiro atoms. The van der Waals surface area contributed by atoms with E-state index in [1.54, 1.807) is 6.07 Å². The molecule has 138 valence electrons. The highest BCUT2D eigenvalue weighted by Gasteiger charge is 2.30. The van der Waals surface area contributed by atoms with Gasteiger partial charge in [-0.25, -0.2) is 0 Å². The third-order valence-electron chi connectivity index (χ3n) is 4.15. The molecule has 0 bridgehead atoms. The van der Waals surface area contributed by atoms with Crippen LogP contribution in [0.4, 0.5) is 18.9 Å². The Morgan fingerprint density at radius 3 is 2.54 bits per heavy atom. The highest BCUT2D eigenvalue weighted by atomic mass is 19.4. The van der Waals surface area contributed by atoms with Crippen molar-refractivity contribution in [3.63, 3.8) is 0 Å². The number of rotatable bonds is 7. The van der Waals surface area contributed by atoms with Crippen LogP contribution in [0.5, 0.6) is 0 Å². The van der Waals surface area contributed by atoms with Crippen molar-refractivity contribution in [1.82, 2.24) is 0 Å². The lowest BCUT2D eigenvalue weighted by molar-refractivity contribution is -0.137. The summed E-state index contributed by atoms with van der Waals surface area (Å²) in [5.74, 6) is 0.325. The Bertz CT molecular complexity index is 770. The molecule has 0 aromatic heterocycles. The highest BCUT2D eigenvalue weighted by molar-refractivity contribution is 5.92. The Morgan fingerprint density at radius 1 is 1.08 bits per heavy atom. The molecule has 1 aliphatic carbocycles. The largest absolute Gasteiger partial charge is 0.416 e. The first kappa shape index (κ1) is 18.5. The van der Waals surface area contributed by atoms with Gasteiger partial charge in [-0.1, -0.05) is 30.3 Å². The Labute approximate surface area is 150 Å². The second kappa shape index (κ2) is 7.91. The number of carbonyl (C=O) groups is 1. The van der Waals surface area contributed by atoms with E-state index in [-0.39, 0.29) is 12.3 Å². The van der Waals surface area contributed by atoms with Gasteiger partial charge >= 0.3 is 6.18 Å². The van der Waals surface area contributed by atoms with Crippen LogP contribution in [0.2, 0.25) is 0 Å². The standard InChI is InChI=1S/C20H20F3NO2/c21-20(22,23)17-5-1-3-15(9-17)11-19(25)24-18-6-2-4-16(10-18)13-26-12-14-7-8-14/h1-6,9-10,14H,7-8,11-13H2,(H,24,25). The van der Waals surface area contributed by atoms with Gasteiger partial charge in [0.25, 0.3) is 0 Å². The molecule has 3 nitrogen and oxygen atoms in total. The van der Waals surface area contributed by atoms with Gasteiger partial charge in [-0.2, -0.15) is 13.2 Å². The minimum Gasteiger partial charge on any atom is -0.376 e. The first-order chi connectivity index (χ1) is 12.4. The molecule has 0 radical (unpaired) electrons. The maximum Gasteiger partial charge on any atom is 0.416 e. The van der Waals surface area contributed by atoms with Gasteiger partial charge in [0.15, 0.2) is 0 Å². The predicted octanol–water partition coefficient (Wildman–Crippen LogP) is 4.81. The normalized spacial score (nSPS) is 14.3. The number of hydrogen-bond acceptors (Lipinski definition) is 2. The number of carbonyl (C=O) groups excluding carboxylic acids is 1. The van der Waals surface area contributed by atoms with Crippen molar-refractivity contribution in [2.45, 2.75) is 32.0 Å². The lowest BCUT2D eigenvalue weighted by atomic mass is 10.1. The molecule has 0 aliphatic heterocycles. The average molecular weight is 363 g/mol. The Balaban J connectivity index is 1.56. The molecule has 1 aliphatic rings. The van der Waals surface area contributed by atoms with Crippen molar-refractivity contribution in [1.29, 1.82) is 0 Å². The zero-order chi connectivity index (χ0) is 18.6. The van der Waals surface area contributed by atoms with E-state index in [0.29, 0.717) is 23.8 Å². The van der Waals surface area contributed by atoms with Crippen LogP contribution in [0.1, 0.15) is 29.5 Å². The summed E-state index contributed by atoms with van der Waals surface area (Å²) >= 11 is 0. The fraction of sp³-hybridized carbons (Fsp3) is 0.350. The minimum atomic E-state index is -4.42. The van der Waals surface area contributed by atoms with Crippen LogP contribution in [0.15, 0.2) is 48.5 Å². The number of amides is 1. The van der Waals surface area contributed by atoms with E-state index >= 15 is 0 Å². The Kier molecular flexibility index (Phi) is 5.61. The van der Waals surface area contributed by atoms with Crippen molar-refractivity contribution < 1.29 is 22.7 Å². The van der Waals surface area contributed by atoms with E-state index in [2.05, 4.69) is 5.32 Å². The molecular weight excluding hydrogens is 343 g/mol. The Hall–Kier alpha value is -2.34. The zero-order valence-corrected chi connectivity index (χ0v) is 14.2. The summed E-state index contributed by atoms with van der Waals surface area (Å²) in [5.41, 5.74) is 1.12. The van der Waals surface area contributed by atoms with Gasteiger partial charge in [-0.3, -0.25) is 4.79 Å². The van der Waals surface area contributed by atoms with Gasteiger partial charge in [-0.15, -0.1) is 0 Å². The summed E-state index contributed by atoms with van der Waals surface area (Å²) in [6, 6.07) is 12.1. The fourth-order valence-corrected chi connectivity index (χ4v) is 2.62. The molecule has 26 heavy (non-hydrogen) atoms. The Morgan fingerprint density at radius 2 is 1.81 bits per heavy atom. The van der Waals surface area contributed by atoms with Crippen LogP contribution < -0.4 is 5.32 Å². The van der Waals surface area contributed by atoms with Gasteiger partial charge in [0.2, 0.25) is 5.91 Å². The van der Waals surface area contributed by atoms with E-state index in [0.717, 1.165) is 24.3 Å². The lowest BCUT2D eigenvalue weighted by Crippen LogP contribution is -2.15. The van der Waals surface area contributed by atoms with E-state index in [9.17, 15) is 18.0 Å². The summed E-state index contributed by atoms with van der Waals surface area (Å²) in [5, 5.41) is 2.72. The topological polar surface area (TPSA) is 38.3 Å². The molecule has 0 unspecified atom stereocenters. The third kappa shape index (κ3) is 5.59. The van der Waals surface area contributed by atoms with Crippen molar-refractivity contribution >= 4 is 11.6 Å². The lowest BCUT2D eigenvalue weighted by Gasteiger charge is -2.10. The number of benzene rings is 2. The number of anilines is 1. The molecule has 6 heteroatoms. The van der Waals surface area contributed by atoms with E-state index in [4.69, 9.17) is 4.74 Å². The molecule has 2 aromatic rings. The molecule has 3 rings (SSSR count). The summed E-state index contributed by atoms with van der Waals surface area (Å²) < 4.78 is 43.8. The van der Waals surface area contributed by atoms with Crippen LogP contribution in [0, 0.1) is 5.92 Å². The molecule has 1 fully saturated rings. The second-order valence-electron chi connectivity index (χ2n) is 6.58. The van der Waals surface area contributed by atoms with E-state index < -0.39 is 11.7 Å². The van der Waals surface area contributed by atoms with Crippen molar-refractivity contribution in [2.75, 3.05) is 11.9 Å². The van der Waals surface area contributed by atoms with Gasteiger partial charge in [-0.05, 0) is 48.1 Å². The van der Waals surface area contributed by atoms with E-state index in [1.807, 2.05) is 18.2 Å². The molecule has 0 atom stereocenters. The molecule has 2 aromatic carbocycles. The molecular formula is C20H20F3NO2. The number of alkyl halides is 3. The maximum atomic E-state index is 12.7. The van der Waals surface area contributed by atoms with Crippen LogP contribution in [-0.4, -0.2) is 12.5 Å². The quantitative estimate of drug-likeness (QED) is 0.766. The third-order valence-corrected chi connectivity index (χ3v) is 4.15. The number of nitrogens with one attached hydrogen (secondary N) is 1.